The zero-order chi connectivity index (χ0) is 23.0. The lowest BCUT2D eigenvalue weighted by atomic mass is 10.1. The molecule has 0 aromatic heterocycles. The molecule has 0 aliphatic rings. The normalized spacial score (nSPS) is 11.1. The molecule has 0 aliphatic heterocycles. The standard InChI is InChI=1S/C25H34N2O4/c1-18-10-8-11-19(2)24(18)27(15-9-14-26(3)4)23(28)13-12-20-16-21(29-5)25(31-7)22(17-20)30-6/h8,10-13,16-17H,9,14-15H2,1-7H3. The Labute approximate surface area is 186 Å². The molecular formula is C25H34N2O4. The molecule has 0 bridgehead atoms. The highest BCUT2D eigenvalue weighted by Gasteiger charge is 2.18. The lowest BCUT2D eigenvalue weighted by Gasteiger charge is -2.26. The summed E-state index contributed by atoms with van der Waals surface area (Å²) in [7, 11) is 8.79. The number of nitrogens with zero attached hydrogens (tertiary/aromatic N) is 2. The number of hydrogen-bond donors (Lipinski definition) is 0. The number of benzene rings is 2. The third kappa shape index (κ3) is 6.25. The molecule has 0 saturated carbocycles. The number of ether oxygens (including phenoxy) is 3. The number of methoxy groups -OCH3 is 3. The Morgan fingerprint density at radius 3 is 2.00 bits per heavy atom. The molecule has 2 aromatic rings. The first-order chi connectivity index (χ1) is 14.8. The van der Waals surface area contributed by atoms with Crippen molar-refractivity contribution in [2.75, 3.05) is 53.4 Å². The van der Waals surface area contributed by atoms with Crippen LogP contribution in [0.5, 0.6) is 17.2 Å². The summed E-state index contributed by atoms with van der Waals surface area (Å²) >= 11 is 0. The van der Waals surface area contributed by atoms with E-state index >= 15 is 0 Å². The summed E-state index contributed by atoms with van der Waals surface area (Å²) in [6.07, 6.45) is 4.26. The van der Waals surface area contributed by atoms with Crippen molar-refractivity contribution in [1.82, 2.24) is 4.90 Å². The molecule has 0 saturated heterocycles. The van der Waals surface area contributed by atoms with Crippen LogP contribution in [-0.2, 0) is 4.79 Å². The molecule has 0 fully saturated rings. The van der Waals surface area contributed by atoms with Gasteiger partial charge in [-0.05, 0) is 75.8 Å². The van der Waals surface area contributed by atoms with Gasteiger partial charge in [0.05, 0.1) is 21.3 Å². The predicted molar refractivity (Wildman–Crippen MR) is 127 cm³/mol. The Morgan fingerprint density at radius 1 is 0.935 bits per heavy atom. The summed E-state index contributed by atoms with van der Waals surface area (Å²) in [5, 5.41) is 0. The monoisotopic (exact) mass is 426 g/mol. The minimum absolute atomic E-state index is 0.0649. The highest BCUT2D eigenvalue weighted by molar-refractivity contribution is 6.04. The summed E-state index contributed by atoms with van der Waals surface area (Å²) in [6.45, 7) is 5.63. The second-order valence-electron chi connectivity index (χ2n) is 7.68. The maximum Gasteiger partial charge on any atom is 0.251 e. The molecule has 0 spiro atoms. The highest BCUT2D eigenvalue weighted by Crippen LogP contribution is 2.38. The first-order valence-electron chi connectivity index (χ1n) is 10.3. The van der Waals surface area contributed by atoms with Gasteiger partial charge in [0, 0.05) is 18.3 Å². The number of anilines is 1. The third-order valence-corrected chi connectivity index (χ3v) is 5.07. The Balaban J connectivity index is 2.36. The van der Waals surface area contributed by atoms with E-state index in [1.165, 1.54) is 0 Å². The fourth-order valence-corrected chi connectivity index (χ4v) is 3.56. The molecule has 31 heavy (non-hydrogen) atoms. The van der Waals surface area contributed by atoms with E-state index in [1.807, 2.05) is 63.2 Å². The molecule has 0 unspecified atom stereocenters. The van der Waals surface area contributed by atoms with Gasteiger partial charge in [0.2, 0.25) is 5.75 Å². The maximum atomic E-state index is 13.3. The van der Waals surface area contributed by atoms with E-state index < -0.39 is 0 Å². The Bertz CT molecular complexity index is 876. The fraction of sp³-hybridized carbons (Fsp3) is 0.400. The molecule has 0 N–H and O–H groups in total. The number of hydrogen-bond acceptors (Lipinski definition) is 5. The summed E-state index contributed by atoms with van der Waals surface area (Å²) < 4.78 is 16.2. The smallest absolute Gasteiger partial charge is 0.251 e. The molecule has 0 atom stereocenters. The average Bonchev–Trinajstić information content (AvgIpc) is 2.75. The number of amides is 1. The van der Waals surface area contributed by atoms with Gasteiger partial charge >= 0.3 is 0 Å². The zero-order valence-electron chi connectivity index (χ0n) is 19.7. The summed E-state index contributed by atoms with van der Waals surface area (Å²) in [6, 6.07) is 9.73. The van der Waals surface area contributed by atoms with Crippen molar-refractivity contribution in [2.24, 2.45) is 0 Å². The number of para-hydroxylation sites is 1. The highest BCUT2D eigenvalue weighted by atomic mass is 16.5. The van der Waals surface area contributed by atoms with Crippen LogP contribution in [0.25, 0.3) is 6.08 Å². The van der Waals surface area contributed by atoms with Gasteiger partial charge in [0.1, 0.15) is 0 Å². The minimum atomic E-state index is -0.0649. The van der Waals surface area contributed by atoms with Gasteiger partial charge in [0.25, 0.3) is 5.91 Å². The van der Waals surface area contributed by atoms with Crippen LogP contribution in [0.15, 0.2) is 36.4 Å². The number of rotatable bonds is 10. The van der Waals surface area contributed by atoms with Gasteiger partial charge in [-0.1, -0.05) is 18.2 Å². The average molecular weight is 427 g/mol. The van der Waals surface area contributed by atoms with E-state index in [1.54, 1.807) is 33.5 Å². The van der Waals surface area contributed by atoms with Crippen LogP contribution in [0, 0.1) is 13.8 Å². The van der Waals surface area contributed by atoms with Crippen LogP contribution >= 0.6 is 0 Å². The van der Waals surface area contributed by atoms with E-state index in [2.05, 4.69) is 4.90 Å². The van der Waals surface area contributed by atoms with Crippen LogP contribution in [-0.4, -0.2) is 59.3 Å². The number of aryl methyl sites for hydroxylation is 2. The minimum Gasteiger partial charge on any atom is -0.493 e. The molecule has 168 valence electrons. The van der Waals surface area contributed by atoms with E-state index in [4.69, 9.17) is 14.2 Å². The SMILES string of the molecule is COc1cc(C=CC(=O)N(CCCN(C)C)c2c(C)cccc2C)cc(OC)c1OC. The van der Waals surface area contributed by atoms with Gasteiger partial charge in [0.15, 0.2) is 11.5 Å². The Kier molecular flexibility index (Phi) is 8.94. The van der Waals surface area contributed by atoms with E-state index in [0.29, 0.717) is 23.8 Å². The molecule has 0 radical (unpaired) electrons. The molecule has 2 aromatic carbocycles. The van der Waals surface area contributed by atoms with Gasteiger partial charge in [-0.3, -0.25) is 4.79 Å². The molecular weight excluding hydrogens is 392 g/mol. The van der Waals surface area contributed by atoms with Gasteiger partial charge in [-0.25, -0.2) is 0 Å². The lowest BCUT2D eigenvalue weighted by Crippen LogP contribution is -2.33. The zero-order valence-corrected chi connectivity index (χ0v) is 19.7. The summed E-state index contributed by atoms with van der Waals surface area (Å²) in [4.78, 5) is 17.3. The van der Waals surface area contributed by atoms with Crippen molar-refractivity contribution < 1.29 is 19.0 Å². The Hall–Kier alpha value is -2.99. The second kappa shape index (κ2) is 11.4. The molecule has 6 heteroatoms. The molecule has 0 aliphatic carbocycles. The molecule has 6 nitrogen and oxygen atoms in total. The van der Waals surface area contributed by atoms with Crippen molar-refractivity contribution >= 4 is 17.7 Å². The van der Waals surface area contributed by atoms with Crippen molar-refractivity contribution in [3.8, 4) is 17.2 Å². The third-order valence-electron chi connectivity index (χ3n) is 5.07. The van der Waals surface area contributed by atoms with Crippen molar-refractivity contribution in [1.29, 1.82) is 0 Å². The summed E-state index contributed by atoms with van der Waals surface area (Å²) in [5.74, 6) is 1.55. The quantitative estimate of drug-likeness (QED) is 0.530. The maximum absolute atomic E-state index is 13.3. The van der Waals surface area contributed by atoms with Crippen molar-refractivity contribution in [3.05, 3.63) is 53.1 Å². The van der Waals surface area contributed by atoms with Gasteiger partial charge in [-0.15, -0.1) is 0 Å². The number of carbonyl (C=O) groups is 1. The van der Waals surface area contributed by atoms with Crippen LogP contribution in [0.1, 0.15) is 23.1 Å². The van der Waals surface area contributed by atoms with Crippen LogP contribution in [0.4, 0.5) is 5.69 Å². The summed E-state index contributed by atoms with van der Waals surface area (Å²) in [5.41, 5.74) is 3.93. The van der Waals surface area contributed by atoms with E-state index in [-0.39, 0.29) is 5.91 Å². The van der Waals surface area contributed by atoms with E-state index in [0.717, 1.165) is 35.3 Å². The Morgan fingerprint density at radius 2 is 1.52 bits per heavy atom. The van der Waals surface area contributed by atoms with Crippen molar-refractivity contribution in [2.45, 2.75) is 20.3 Å². The van der Waals surface area contributed by atoms with E-state index in [9.17, 15) is 4.79 Å². The predicted octanol–water partition coefficient (Wildman–Crippen LogP) is 4.33. The van der Waals surface area contributed by atoms with Gasteiger partial charge in [-0.2, -0.15) is 0 Å². The van der Waals surface area contributed by atoms with Crippen molar-refractivity contribution in [3.63, 3.8) is 0 Å². The molecule has 1 amide bonds. The molecule has 2 rings (SSSR count). The lowest BCUT2D eigenvalue weighted by molar-refractivity contribution is -0.114. The van der Waals surface area contributed by atoms with Crippen LogP contribution < -0.4 is 19.1 Å². The fourth-order valence-electron chi connectivity index (χ4n) is 3.56. The topological polar surface area (TPSA) is 51.2 Å². The van der Waals surface area contributed by atoms with Gasteiger partial charge < -0.3 is 24.0 Å². The number of carbonyl (C=O) groups excluding carboxylic acids is 1. The first-order valence-corrected chi connectivity index (χ1v) is 10.3. The first kappa shape index (κ1) is 24.3. The largest absolute Gasteiger partial charge is 0.493 e. The molecule has 0 heterocycles. The van der Waals surface area contributed by atoms with Crippen LogP contribution in [0.2, 0.25) is 0 Å². The second-order valence-corrected chi connectivity index (χ2v) is 7.68. The van der Waals surface area contributed by atoms with Crippen LogP contribution in [0.3, 0.4) is 0 Å².